The van der Waals surface area contributed by atoms with Gasteiger partial charge in [-0.15, -0.1) is 0 Å². The molecule has 0 unspecified atom stereocenters. The van der Waals surface area contributed by atoms with Crippen molar-refractivity contribution in [2.45, 2.75) is 58.3 Å². The number of ketones is 1. The van der Waals surface area contributed by atoms with Crippen LogP contribution in [0.2, 0.25) is 0 Å². The zero-order valence-electron chi connectivity index (χ0n) is 24.5. The molecule has 1 heterocycles. The van der Waals surface area contributed by atoms with Crippen molar-refractivity contribution in [3.05, 3.63) is 65.7 Å². The summed E-state index contributed by atoms with van der Waals surface area (Å²) in [6.45, 7) is 10.0. The molecule has 0 radical (unpaired) electrons. The number of alkyl carbamates (subject to hydrolysis) is 1. The van der Waals surface area contributed by atoms with Crippen molar-refractivity contribution in [1.29, 1.82) is 0 Å². The topological polar surface area (TPSA) is 97.4 Å². The smallest absolute Gasteiger partial charge is 0.408 e. The van der Waals surface area contributed by atoms with Crippen LogP contribution in [0.4, 0.5) is 4.79 Å². The van der Waals surface area contributed by atoms with E-state index in [1.807, 2.05) is 75.4 Å². The van der Waals surface area contributed by atoms with Crippen molar-refractivity contribution in [3.63, 3.8) is 0 Å². The number of hydrogen-bond acceptors (Lipinski definition) is 7. The molecule has 1 saturated carbocycles. The fraction of sp³-hybridized carbons (Fsp3) is 0.531. The number of Topliss-reactive ketones (excluding diaryl/α,β-unsaturated/α-hetero) is 1. The third kappa shape index (κ3) is 10.2. The van der Waals surface area contributed by atoms with Gasteiger partial charge in [0, 0.05) is 44.2 Å². The number of carbonyl (C=O) groups excluding carboxylic acids is 3. The van der Waals surface area contributed by atoms with Gasteiger partial charge in [-0.2, -0.15) is 0 Å². The Morgan fingerprint density at radius 3 is 2.27 bits per heavy atom. The molecule has 1 aliphatic heterocycles. The third-order valence-electron chi connectivity index (χ3n) is 7.14. The minimum Gasteiger partial charge on any atom is -0.494 e. The predicted molar refractivity (Wildman–Crippen MR) is 156 cm³/mol. The van der Waals surface area contributed by atoms with Gasteiger partial charge >= 0.3 is 6.09 Å². The monoisotopic (exact) mass is 565 g/mol. The van der Waals surface area contributed by atoms with Crippen molar-refractivity contribution in [3.8, 4) is 5.75 Å². The van der Waals surface area contributed by atoms with Crippen LogP contribution in [0.5, 0.6) is 5.75 Å². The molecule has 0 aromatic heterocycles. The normalized spacial score (nSPS) is 16.6. The van der Waals surface area contributed by atoms with Crippen LogP contribution in [0.25, 0.3) is 0 Å². The molecule has 2 fully saturated rings. The maximum Gasteiger partial charge on any atom is 0.408 e. The van der Waals surface area contributed by atoms with Crippen molar-refractivity contribution in [2.24, 2.45) is 5.92 Å². The molecular weight excluding hydrogens is 522 g/mol. The summed E-state index contributed by atoms with van der Waals surface area (Å²) < 4.78 is 17.1. The van der Waals surface area contributed by atoms with Crippen LogP contribution in [-0.2, 0) is 20.9 Å². The fourth-order valence-corrected chi connectivity index (χ4v) is 4.60. The first-order chi connectivity index (χ1) is 19.7. The maximum atomic E-state index is 13.4. The molecule has 41 heavy (non-hydrogen) atoms. The summed E-state index contributed by atoms with van der Waals surface area (Å²) in [5, 5.41) is 2.72. The molecule has 4 rings (SSSR count). The van der Waals surface area contributed by atoms with Gasteiger partial charge in [-0.05, 0) is 69.9 Å². The molecule has 2 aliphatic rings. The summed E-state index contributed by atoms with van der Waals surface area (Å²) in [4.78, 5) is 42.1. The number of benzene rings is 2. The maximum absolute atomic E-state index is 13.4. The van der Waals surface area contributed by atoms with E-state index in [-0.39, 0.29) is 30.8 Å². The molecule has 1 saturated heterocycles. The summed E-state index contributed by atoms with van der Waals surface area (Å²) in [5.74, 6) is 1.06. The second kappa shape index (κ2) is 14.5. The zero-order valence-corrected chi connectivity index (χ0v) is 24.5. The summed E-state index contributed by atoms with van der Waals surface area (Å²) in [6.07, 6.45) is 2.22. The van der Waals surface area contributed by atoms with E-state index < -0.39 is 17.7 Å². The minimum atomic E-state index is -0.830. The highest BCUT2D eigenvalue weighted by Crippen LogP contribution is 2.32. The molecule has 1 aliphatic carbocycles. The number of ether oxygens (including phenoxy) is 3. The van der Waals surface area contributed by atoms with Gasteiger partial charge in [0.2, 0.25) is 5.91 Å². The molecule has 2 aromatic carbocycles. The van der Waals surface area contributed by atoms with Gasteiger partial charge in [0.1, 0.15) is 18.4 Å². The Hall–Kier alpha value is -3.43. The van der Waals surface area contributed by atoms with E-state index in [0.29, 0.717) is 19.7 Å². The van der Waals surface area contributed by atoms with Crippen molar-refractivity contribution in [1.82, 2.24) is 15.1 Å². The van der Waals surface area contributed by atoms with E-state index in [0.717, 1.165) is 55.8 Å². The molecular formula is C32H43N3O6. The molecule has 2 aromatic rings. The highest BCUT2D eigenvalue weighted by Gasteiger charge is 2.31. The Morgan fingerprint density at radius 1 is 0.951 bits per heavy atom. The Balaban J connectivity index is 1.18. The molecule has 9 heteroatoms. The first-order valence-corrected chi connectivity index (χ1v) is 14.6. The summed E-state index contributed by atoms with van der Waals surface area (Å²) in [5.41, 5.74) is 1.18. The first kappa shape index (κ1) is 30.5. The first-order valence-electron chi connectivity index (χ1n) is 14.6. The molecule has 1 atom stereocenters. The van der Waals surface area contributed by atoms with Crippen LogP contribution in [0.3, 0.4) is 0 Å². The highest BCUT2D eigenvalue weighted by atomic mass is 16.5. The Kier molecular flexibility index (Phi) is 10.8. The molecule has 0 spiro atoms. The average molecular weight is 566 g/mol. The number of amides is 2. The lowest BCUT2D eigenvalue weighted by Gasteiger charge is -2.36. The molecule has 2 amide bonds. The Morgan fingerprint density at radius 2 is 1.63 bits per heavy atom. The van der Waals surface area contributed by atoms with Crippen LogP contribution < -0.4 is 10.1 Å². The van der Waals surface area contributed by atoms with E-state index in [2.05, 4.69) is 10.2 Å². The van der Waals surface area contributed by atoms with Gasteiger partial charge in [-0.3, -0.25) is 14.5 Å². The quantitative estimate of drug-likeness (QED) is 0.286. The van der Waals surface area contributed by atoms with Crippen molar-refractivity contribution >= 4 is 17.8 Å². The summed E-state index contributed by atoms with van der Waals surface area (Å²) in [6, 6.07) is 16.0. The van der Waals surface area contributed by atoms with Crippen molar-refractivity contribution < 1.29 is 28.6 Å². The molecule has 1 N–H and O–H groups in total. The molecule has 222 valence electrons. The van der Waals surface area contributed by atoms with E-state index in [1.54, 1.807) is 4.90 Å². The second-order valence-corrected chi connectivity index (χ2v) is 11.7. The average Bonchev–Trinajstić information content (AvgIpc) is 3.82. The zero-order chi connectivity index (χ0) is 29.2. The molecule has 9 nitrogen and oxygen atoms in total. The van der Waals surface area contributed by atoms with Crippen LogP contribution in [-0.4, -0.2) is 85.2 Å². The standard InChI is InChI=1S/C32H43N3O6/c1-32(2,3)41-23-28(33-31(38)40-22-24-8-5-4-6-9-24)30(37)35-19-17-34(18-20-35)16-7-21-39-27-14-12-26(13-15-27)29(36)25-10-11-25/h4-6,8-9,12-15,25,28H,7,10-11,16-23H2,1-3H3,(H,33,38)/t28-/m1/s1. The highest BCUT2D eigenvalue weighted by molar-refractivity contribution is 5.99. The van der Waals surface area contributed by atoms with Crippen LogP contribution in [0.1, 0.15) is 56.0 Å². The van der Waals surface area contributed by atoms with Crippen molar-refractivity contribution in [2.75, 3.05) is 45.9 Å². The molecule has 0 bridgehead atoms. The SMILES string of the molecule is CC(C)(C)OC[C@@H](NC(=O)OCc1ccccc1)C(=O)N1CCN(CCCOc2ccc(C(=O)C3CC3)cc2)CC1. The van der Waals surface area contributed by atoms with E-state index >= 15 is 0 Å². The van der Waals surface area contributed by atoms with Gasteiger partial charge < -0.3 is 24.4 Å². The van der Waals surface area contributed by atoms with Crippen LogP contribution in [0, 0.1) is 5.92 Å². The second-order valence-electron chi connectivity index (χ2n) is 11.7. The lowest BCUT2D eigenvalue weighted by molar-refractivity contribution is -0.138. The number of nitrogens with zero attached hydrogens (tertiary/aromatic N) is 2. The van der Waals surface area contributed by atoms with Gasteiger partial charge in [0.25, 0.3) is 0 Å². The fourth-order valence-electron chi connectivity index (χ4n) is 4.60. The third-order valence-corrected chi connectivity index (χ3v) is 7.14. The number of nitrogens with one attached hydrogen (secondary N) is 1. The Labute approximate surface area is 243 Å². The largest absolute Gasteiger partial charge is 0.494 e. The van der Waals surface area contributed by atoms with Crippen LogP contribution in [0.15, 0.2) is 54.6 Å². The summed E-state index contributed by atoms with van der Waals surface area (Å²) in [7, 11) is 0. The van der Waals surface area contributed by atoms with Gasteiger partial charge in [0.05, 0.1) is 18.8 Å². The van der Waals surface area contributed by atoms with E-state index in [4.69, 9.17) is 14.2 Å². The van der Waals surface area contributed by atoms with E-state index in [1.165, 1.54) is 0 Å². The van der Waals surface area contributed by atoms with Crippen LogP contribution >= 0.6 is 0 Å². The summed E-state index contributed by atoms with van der Waals surface area (Å²) >= 11 is 0. The number of piperazine rings is 1. The minimum absolute atomic E-state index is 0.0655. The lowest BCUT2D eigenvalue weighted by Crippen LogP contribution is -2.56. The van der Waals surface area contributed by atoms with E-state index in [9.17, 15) is 14.4 Å². The predicted octanol–water partition coefficient (Wildman–Crippen LogP) is 4.30. The Bertz CT molecular complexity index is 1140. The lowest BCUT2D eigenvalue weighted by atomic mass is 10.1. The number of hydrogen-bond donors (Lipinski definition) is 1. The van der Waals surface area contributed by atoms with Gasteiger partial charge in [-0.25, -0.2) is 4.79 Å². The number of rotatable bonds is 13. The van der Waals surface area contributed by atoms with Gasteiger partial charge in [-0.1, -0.05) is 30.3 Å². The number of carbonyl (C=O) groups is 3. The van der Waals surface area contributed by atoms with Gasteiger partial charge in [0.15, 0.2) is 5.78 Å².